The maximum absolute atomic E-state index is 11.7. The van der Waals surface area contributed by atoms with Crippen LogP contribution in [0.25, 0.3) is 0 Å². The Morgan fingerprint density at radius 2 is 2.35 bits per heavy atom. The van der Waals surface area contributed by atoms with Crippen molar-refractivity contribution in [1.29, 1.82) is 0 Å². The molecule has 2 unspecified atom stereocenters. The van der Waals surface area contributed by atoms with E-state index in [1.165, 1.54) is 12.5 Å². The van der Waals surface area contributed by atoms with Crippen LogP contribution in [0.4, 0.5) is 5.69 Å². The summed E-state index contributed by atoms with van der Waals surface area (Å²) in [4.78, 5) is 26.5. The first kappa shape index (κ1) is 20.3. The summed E-state index contributed by atoms with van der Waals surface area (Å²) in [7, 11) is -1.28. The number of carbonyl (C=O) groups is 1. The lowest BCUT2D eigenvalue weighted by molar-refractivity contribution is -0.386. The van der Waals surface area contributed by atoms with Crippen molar-refractivity contribution < 1.29 is 20.1 Å². The lowest BCUT2D eigenvalue weighted by atomic mass is 10.0. The van der Waals surface area contributed by atoms with Crippen molar-refractivity contribution in [1.82, 2.24) is 5.32 Å². The highest BCUT2D eigenvalue weighted by Gasteiger charge is 2.22. The van der Waals surface area contributed by atoms with Gasteiger partial charge < -0.3 is 14.4 Å². The predicted octanol–water partition coefficient (Wildman–Crippen LogP) is 4.10. The van der Waals surface area contributed by atoms with Gasteiger partial charge in [0, 0.05) is 33.6 Å². The van der Waals surface area contributed by atoms with Crippen molar-refractivity contribution in [3.8, 4) is 0 Å². The summed E-state index contributed by atoms with van der Waals surface area (Å²) in [6.45, 7) is 6.40. The van der Waals surface area contributed by atoms with Gasteiger partial charge in [-0.25, -0.2) is 0 Å². The second-order valence-corrected chi connectivity index (χ2v) is 6.73. The molecular formula is C17H26N3O5P. The van der Waals surface area contributed by atoms with E-state index in [0.29, 0.717) is 24.9 Å². The van der Waals surface area contributed by atoms with Crippen LogP contribution >= 0.6 is 8.38 Å². The summed E-state index contributed by atoms with van der Waals surface area (Å²) in [5.74, 6) is -0.146. The molecule has 0 bridgehead atoms. The van der Waals surface area contributed by atoms with Gasteiger partial charge in [0.1, 0.15) is 0 Å². The van der Waals surface area contributed by atoms with Gasteiger partial charge >= 0.3 is 0 Å². The third-order valence-corrected chi connectivity index (χ3v) is 4.38. The van der Waals surface area contributed by atoms with E-state index in [-0.39, 0.29) is 25.0 Å². The Morgan fingerprint density at radius 1 is 1.58 bits per heavy atom. The molecule has 0 heterocycles. The van der Waals surface area contributed by atoms with Gasteiger partial charge in [-0.3, -0.25) is 19.9 Å². The maximum atomic E-state index is 11.7. The molecule has 26 heavy (non-hydrogen) atoms. The number of hydrogen-bond acceptors (Lipinski definition) is 6. The van der Waals surface area contributed by atoms with Crippen LogP contribution in [0, 0.1) is 10.1 Å². The molecule has 1 amide bonds. The monoisotopic (exact) mass is 384 g/mol. The molecule has 0 spiro atoms. The molecule has 0 aliphatic carbocycles. The summed E-state index contributed by atoms with van der Waals surface area (Å²) in [6.07, 6.45) is 1.56. The zero-order valence-corrected chi connectivity index (χ0v) is 16.2. The molecule has 1 aromatic carbocycles. The molecule has 1 N–H and O–H groups in total. The minimum atomic E-state index is -1.28. The van der Waals surface area contributed by atoms with Gasteiger partial charge in [-0.15, -0.1) is 0 Å². The van der Waals surface area contributed by atoms with E-state index < -0.39 is 19.4 Å². The average Bonchev–Trinajstić information content (AvgIpc) is 2.64. The van der Waals surface area contributed by atoms with Crippen LogP contribution < -0.4 is 5.32 Å². The number of nitro benzene ring substituents is 1. The van der Waals surface area contributed by atoms with Crippen LogP contribution in [0.3, 0.4) is 0 Å². The van der Waals surface area contributed by atoms with Gasteiger partial charge in [-0.1, -0.05) is 13.0 Å². The average molecular weight is 384 g/mol. The number of nitrogens with one attached hydrogen (secondary N) is 1. The van der Waals surface area contributed by atoms with Gasteiger partial charge in [0.25, 0.3) is 5.69 Å². The highest BCUT2D eigenvalue weighted by Crippen LogP contribution is 2.41. The third kappa shape index (κ3) is 7.45. The number of rotatable bonds is 11. The van der Waals surface area contributed by atoms with Gasteiger partial charge in [0.15, 0.2) is 6.40 Å². The van der Waals surface area contributed by atoms with Crippen LogP contribution in [0.2, 0.25) is 0 Å². The largest absolute Gasteiger partial charge is 0.437 e. The maximum Gasteiger partial charge on any atom is 0.275 e. The number of benzene rings is 1. The minimum absolute atomic E-state index is 0.0441. The SMILES string of the molecule is [2H]CCCC(=O)NCc1ccc([N+](=O)[O-])c(C(C)OP(C)OC=NCC)c1. The lowest BCUT2D eigenvalue weighted by Crippen LogP contribution is -2.22. The Labute approximate surface area is 156 Å². The van der Waals surface area contributed by atoms with E-state index >= 15 is 0 Å². The molecule has 9 heteroatoms. The zero-order valence-electron chi connectivity index (χ0n) is 16.3. The first-order valence-electron chi connectivity index (χ1n) is 8.98. The fraction of sp³-hybridized carbons (Fsp3) is 0.529. The standard InChI is InChI=1S/C17H26N3O5P/c1-5-7-17(21)19-11-14-8-9-16(20(22)23)15(10-14)13(3)25-26(4)24-12-18-6-2/h8-10,12-13H,5-7,11H2,1-4H3,(H,19,21)/i1D. The summed E-state index contributed by atoms with van der Waals surface area (Å²) in [6, 6.07) is 4.69. The molecule has 1 rings (SSSR count). The Bertz CT molecular complexity index is 659. The highest BCUT2D eigenvalue weighted by molar-refractivity contribution is 7.46. The first-order chi connectivity index (χ1) is 12.9. The molecule has 8 nitrogen and oxygen atoms in total. The second kappa shape index (κ2) is 11.5. The van der Waals surface area contributed by atoms with E-state index in [4.69, 9.17) is 10.4 Å². The van der Waals surface area contributed by atoms with Crippen molar-refractivity contribution in [2.24, 2.45) is 4.99 Å². The minimum Gasteiger partial charge on any atom is -0.437 e. The van der Waals surface area contributed by atoms with Crippen LogP contribution in [-0.4, -0.2) is 30.4 Å². The number of nitro groups is 1. The van der Waals surface area contributed by atoms with Crippen molar-refractivity contribution >= 4 is 26.4 Å². The number of aliphatic imine (C=N–C) groups is 1. The molecule has 0 saturated heterocycles. The third-order valence-electron chi connectivity index (χ3n) is 3.38. The van der Waals surface area contributed by atoms with Gasteiger partial charge in [0.2, 0.25) is 14.3 Å². The highest BCUT2D eigenvalue weighted by atomic mass is 31.2. The van der Waals surface area contributed by atoms with E-state index in [0.717, 1.165) is 5.56 Å². The molecule has 0 radical (unpaired) electrons. The van der Waals surface area contributed by atoms with Crippen molar-refractivity contribution in [3.05, 3.63) is 39.4 Å². The fourth-order valence-corrected chi connectivity index (χ4v) is 2.94. The molecule has 2 atom stereocenters. The Hall–Kier alpha value is -2.05. The summed E-state index contributed by atoms with van der Waals surface area (Å²) < 4.78 is 18.1. The molecule has 0 fully saturated rings. The molecular weight excluding hydrogens is 357 g/mol. The van der Waals surface area contributed by atoms with E-state index in [1.807, 2.05) is 6.92 Å². The van der Waals surface area contributed by atoms with E-state index in [9.17, 15) is 14.9 Å². The quantitative estimate of drug-likeness (QED) is 0.203. The number of carbonyl (C=O) groups excluding carboxylic acids is 1. The van der Waals surface area contributed by atoms with Crippen molar-refractivity contribution in [2.45, 2.75) is 46.2 Å². The summed E-state index contributed by atoms with van der Waals surface area (Å²) in [5.41, 5.74) is 1.11. The fourth-order valence-electron chi connectivity index (χ4n) is 2.13. The Morgan fingerprint density at radius 3 is 3.00 bits per heavy atom. The van der Waals surface area contributed by atoms with Gasteiger partial charge in [-0.2, -0.15) is 0 Å². The molecule has 144 valence electrons. The lowest BCUT2D eigenvalue weighted by Gasteiger charge is -2.18. The van der Waals surface area contributed by atoms with Gasteiger partial charge in [-0.05, 0) is 31.9 Å². The van der Waals surface area contributed by atoms with Crippen LogP contribution in [0.5, 0.6) is 0 Å². The van der Waals surface area contributed by atoms with Crippen molar-refractivity contribution in [3.63, 3.8) is 0 Å². The number of amides is 1. The van der Waals surface area contributed by atoms with Gasteiger partial charge in [0.05, 0.1) is 16.6 Å². The first-order valence-corrected chi connectivity index (χ1v) is 9.90. The van der Waals surface area contributed by atoms with Crippen molar-refractivity contribution in [2.75, 3.05) is 13.2 Å². The van der Waals surface area contributed by atoms with E-state index in [2.05, 4.69) is 10.3 Å². The van der Waals surface area contributed by atoms with Crippen LogP contribution in [-0.2, 0) is 20.4 Å². The van der Waals surface area contributed by atoms with Crippen LogP contribution in [0.15, 0.2) is 23.2 Å². The number of hydrogen-bond donors (Lipinski definition) is 1. The molecule has 0 aliphatic heterocycles. The molecule has 1 aromatic rings. The smallest absolute Gasteiger partial charge is 0.275 e. The zero-order chi connectivity index (χ0) is 20.2. The predicted molar refractivity (Wildman–Crippen MR) is 102 cm³/mol. The molecule has 0 saturated carbocycles. The topological polar surface area (TPSA) is 103 Å². The normalized spacial score (nSPS) is 13.9. The Balaban J connectivity index is 2.84. The summed E-state index contributed by atoms with van der Waals surface area (Å²) in [5, 5.41) is 14.1. The summed E-state index contributed by atoms with van der Waals surface area (Å²) >= 11 is 0. The van der Waals surface area contributed by atoms with Crippen LogP contribution in [0.1, 0.15) is 52.2 Å². The number of nitrogens with zero attached hydrogens (tertiary/aromatic N) is 2. The molecule has 0 aromatic heterocycles. The Kier molecular flexibility index (Phi) is 9.00. The molecule has 0 aliphatic rings. The second-order valence-electron chi connectivity index (χ2n) is 5.43. The van der Waals surface area contributed by atoms with E-state index in [1.54, 1.807) is 25.7 Å².